The van der Waals surface area contributed by atoms with Crippen LogP contribution in [0.25, 0.3) is 0 Å². The Morgan fingerprint density at radius 2 is 1.26 bits per heavy atom. The molecule has 0 aromatic heterocycles. The molecule has 0 aromatic rings. The maximum atomic E-state index is 12.7. The molecule has 0 saturated carbocycles. The van der Waals surface area contributed by atoms with Crippen LogP contribution in [-0.2, 0) is 38.3 Å². The van der Waals surface area contributed by atoms with Crippen molar-refractivity contribution < 1.29 is 56.2 Å². The van der Waals surface area contributed by atoms with Gasteiger partial charge < -0.3 is 34.3 Å². The Morgan fingerprint density at radius 3 is 1.80 bits per heavy atom. The zero-order chi connectivity index (χ0) is 36.9. The number of hydrogen-bond donors (Lipinski definition) is 4. The third-order valence-corrected chi connectivity index (χ3v) is 9.01. The first kappa shape index (κ1) is 46.6. The second kappa shape index (κ2) is 30.1. The summed E-state index contributed by atoms with van der Waals surface area (Å²) in [6.45, 7) is 3.86. The van der Waals surface area contributed by atoms with Gasteiger partial charge in [0.1, 0.15) is 30.5 Å². The zero-order valence-electron chi connectivity index (χ0n) is 30.7. The third-order valence-electron chi connectivity index (χ3n) is 8.55. The van der Waals surface area contributed by atoms with Crippen LogP contribution in [0.1, 0.15) is 142 Å². The van der Waals surface area contributed by atoms with Gasteiger partial charge in [-0.15, -0.1) is 0 Å². The minimum absolute atomic E-state index is 0.0295. The van der Waals surface area contributed by atoms with Crippen molar-refractivity contribution >= 4 is 16.4 Å². The smallest absolute Gasteiger partial charge is 0.397 e. The van der Waals surface area contributed by atoms with E-state index in [-0.39, 0.29) is 19.6 Å². The van der Waals surface area contributed by atoms with E-state index in [0.29, 0.717) is 13.0 Å². The molecule has 294 valence electrons. The maximum absolute atomic E-state index is 12.7. The SMILES string of the molecule is CCCC/C=C\CCCCCCCCOCC(COC1OC(CO)C(O)C(OS(=O)(=O)O)C1O)OC(=O)CCCCCCC/C=C\CCCC. The summed E-state index contributed by atoms with van der Waals surface area (Å²) >= 11 is 0. The van der Waals surface area contributed by atoms with Gasteiger partial charge in [0.15, 0.2) is 6.29 Å². The van der Waals surface area contributed by atoms with Crippen LogP contribution in [0, 0.1) is 0 Å². The van der Waals surface area contributed by atoms with Crippen LogP contribution in [0.15, 0.2) is 24.3 Å². The average molecular weight is 737 g/mol. The molecule has 0 amide bonds. The van der Waals surface area contributed by atoms with Gasteiger partial charge in [-0.1, -0.05) is 109 Å². The highest BCUT2D eigenvalue weighted by molar-refractivity contribution is 7.80. The van der Waals surface area contributed by atoms with E-state index in [9.17, 15) is 28.5 Å². The Bertz CT molecular complexity index is 989. The lowest BCUT2D eigenvalue weighted by atomic mass is 9.99. The van der Waals surface area contributed by atoms with Crippen molar-refractivity contribution in [3.8, 4) is 0 Å². The van der Waals surface area contributed by atoms with E-state index in [2.05, 4.69) is 42.3 Å². The van der Waals surface area contributed by atoms with Gasteiger partial charge in [-0.3, -0.25) is 9.35 Å². The largest absolute Gasteiger partial charge is 0.457 e. The Morgan fingerprint density at radius 1 is 0.740 bits per heavy atom. The number of ether oxygens (including phenoxy) is 4. The quantitative estimate of drug-likeness (QED) is 0.0255. The first-order valence-electron chi connectivity index (χ1n) is 19.1. The predicted molar refractivity (Wildman–Crippen MR) is 193 cm³/mol. The second-order valence-electron chi connectivity index (χ2n) is 13.2. The van der Waals surface area contributed by atoms with E-state index in [1.165, 1.54) is 44.9 Å². The van der Waals surface area contributed by atoms with Crippen molar-refractivity contribution in [2.75, 3.05) is 26.4 Å². The molecule has 6 unspecified atom stereocenters. The van der Waals surface area contributed by atoms with Crippen LogP contribution in [-0.4, -0.2) is 97.5 Å². The van der Waals surface area contributed by atoms with E-state index in [4.69, 9.17) is 23.5 Å². The zero-order valence-corrected chi connectivity index (χ0v) is 31.5. The maximum Gasteiger partial charge on any atom is 0.397 e. The van der Waals surface area contributed by atoms with Gasteiger partial charge in [-0.2, -0.15) is 8.42 Å². The summed E-state index contributed by atoms with van der Waals surface area (Å²) in [7, 11) is -5.05. The van der Waals surface area contributed by atoms with Crippen molar-refractivity contribution in [3.05, 3.63) is 24.3 Å². The molecule has 50 heavy (non-hydrogen) atoms. The van der Waals surface area contributed by atoms with Gasteiger partial charge in [-0.05, 0) is 51.4 Å². The summed E-state index contributed by atoms with van der Waals surface area (Å²) in [6.07, 6.45) is 20.8. The van der Waals surface area contributed by atoms with Gasteiger partial charge in [0, 0.05) is 13.0 Å². The number of esters is 1. The molecule has 4 N–H and O–H groups in total. The molecule has 13 heteroatoms. The Hall–Kier alpha value is -1.42. The van der Waals surface area contributed by atoms with E-state index in [1.807, 2.05) is 0 Å². The van der Waals surface area contributed by atoms with Crippen molar-refractivity contribution in [3.63, 3.8) is 0 Å². The third kappa shape index (κ3) is 23.9. The number of rotatable bonds is 32. The summed E-state index contributed by atoms with van der Waals surface area (Å²) in [6, 6.07) is 0. The van der Waals surface area contributed by atoms with E-state index < -0.39 is 59.8 Å². The number of aliphatic hydroxyl groups excluding tert-OH is 3. The minimum Gasteiger partial charge on any atom is -0.457 e. The number of carbonyl (C=O) groups is 1. The fourth-order valence-corrected chi connectivity index (χ4v) is 6.08. The monoisotopic (exact) mass is 736 g/mol. The van der Waals surface area contributed by atoms with E-state index in [0.717, 1.165) is 70.6 Å². The molecule has 1 aliphatic rings. The van der Waals surface area contributed by atoms with Crippen LogP contribution in [0.3, 0.4) is 0 Å². The molecule has 0 bridgehead atoms. The highest BCUT2D eigenvalue weighted by Gasteiger charge is 2.48. The van der Waals surface area contributed by atoms with Gasteiger partial charge in [0.2, 0.25) is 0 Å². The van der Waals surface area contributed by atoms with Gasteiger partial charge in [0.25, 0.3) is 0 Å². The molecular formula is C37H68O12S. The van der Waals surface area contributed by atoms with Crippen LogP contribution in [0.2, 0.25) is 0 Å². The molecule has 1 rings (SSSR count). The fraction of sp³-hybridized carbons (Fsp3) is 0.865. The molecule has 1 saturated heterocycles. The standard InChI is InChI=1S/C37H68O12S/c1-3-5-7-9-11-13-15-17-19-21-23-25-27-45-29-31(47-33(39)26-24-22-20-18-16-14-12-10-8-6-4-2)30-46-37-35(41)36(49-50(42,43)44)34(40)32(28-38)48-37/h9-12,31-32,34-38,40-41H,3-8,13-30H2,1-2H3,(H,42,43,44)/b11-9-,12-10-. The number of allylic oxidation sites excluding steroid dienone is 4. The predicted octanol–water partition coefficient (Wildman–Crippen LogP) is 6.51. The molecule has 12 nitrogen and oxygen atoms in total. The number of aliphatic hydroxyl groups is 3. The highest BCUT2D eigenvalue weighted by atomic mass is 32.3. The molecule has 1 fully saturated rings. The van der Waals surface area contributed by atoms with Gasteiger partial charge in [-0.25, -0.2) is 4.18 Å². The summed E-state index contributed by atoms with van der Waals surface area (Å²) in [5.74, 6) is -0.414. The average Bonchev–Trinajstić information content (AvgIpc) is 3.08. The number of carbonyl (C=O) groups excluding carboxylic acids is 1. The summed E-state index contributed by atoms with van der Waals surface area (Å²) in [5.41, 5.74) is 0. The first-order chi connectivity index (χ1) is 24.1. The topological polar surface area (TPSA) is 178 Å². The fourth-order valence-electron chi connectivity index (χ4n) is 5.57. The molecule has 0 spiro atoms. The van der Waals surface area contributed by atoms with Crippen LogP contribution >= 0.6 is 0 Å². The Balaban J connectivity index is 2.53. The van der Waals surface area contributed by atoms with E-state index in [1.54, 1.807) is 0 Å². The molecule has 1 heterocycles. The van der Waals surface area contributed by atoms with Crippen molar-refractivity contribution in [2.24, 2.45) is 0 Å². The van der Waals surface area contributed by atoms with Crippen LogP contribution in [0.5, 0.6) is 0 Å². The molecule has 0 aliphatic carbocycles. The highest BCUT2D eigenvalue weighted by Crippen LogP contribution is 2.26. The lowest BCUT2D eigenvalue weighted by Gasteiger charge is -2.41. The van der Waals surface area contributed by atoms with Crippen LogP contribution < -0.4 is 0 Å². The molecule has 0 aromatic carbocycles. The Labute approximate surface area is 301 Å². The van der Waals surface area contributed by atoms with E-state index >= 15 is 0 Å². The minimum atomic E-state index is -5.05. The van der Waals surface area contributed by atoms with Crippen molar-refractivity contribution in [1.82, 2.24) is 0 Å². The number of hydrogen-bond acceptors (Lipinski definition) is 11. The molecular weight excluding hydrogens is 668 g/mol. The molecule has 0 radical (unpaired) electrons. The Kier molecular flexibility index (Phi) is 28.0. The van der Waals surface area contributed by atoms with Gasteiger partial charge in [0.05, 0.1) is 19.8 Å². The number of unbranched alkanes of at least 4 members (excludes halogenated alkanes) is 15. The normalized spacial score (nSPS) is 22.1. The van der Waals surface area contributed by atoms with Gasteiger partial charge >= 0.3 is 16.4 Å². The lowest BCUT2D eigenvalue weighted by molar-refractivity contribution is -0.301. The second-order valence-corrected chi connectivity index (χ2v) is 14.2. The summed E-state index contributed by atoms with van der Waals surface area (Å²) in [5, 5.41) is 30.5. The van der Waals surface area contributed by atoms with Crippen molar-refractivity contribution in [2.45, 2.75) is 179 Å². The van der Waals surface area contributed by atoms with Crippen molar-refractivity contribution in [1.29, 1.82) is 0 Å². The summed E-state index contributed by atoms with van der Waals surface area (Å²) < 4.78 is 58.7. The first-order valence-corrected chi connectivity index (χ1v) is 20.5. The molecule has 1 aliphatic heterocycles. The summed E-state index contributed by atoms with van der Waals surface area (Å²) in [4.78, 5) is 12.7. The molecule has 6 atom stereocenters. The lowest BCUT2D eigenvalue weighted by Crippen LogP contribution is -2.60. The van der Waals surface area contributed by atoms with Crippen LogP contribution in [0.4, 0.5) is 0 Å².